The maximum absolute atomic E-state index is 12.3. The molecular formula is C14H8ClN3O7. The van der Waals surface area contributed by atoms with Crippen LogP contribution in [0.25, 0.3) is 0 Å². The van der Waals surface area contributed by atoms with Crippen LogP contribution in [0.3, 0.4) is 0 Å². The van der Waals surface area contributed by atoms with Gasteiger partial charge in [-0.05, 0) is 12.1 Å². The minimum atomic E-state index is -1.65. The number of nitrogens with one attached hydrogen (secondary N) is 1. The van der Waals surface area contributed by atoms with E-state index in [0.29, 0.717) is 0 Å². The highest BCUT2D eigenvalue weighted by atomic mass is 35.5. The van der Waals surface area contributed by atoms with Crippen LogP contribution in [0.5, 0.6) is 0 Å². The highest BCUT2D eigenvalue weighted by Crippen LogP contribution is 2.28. The Bertz CT molecular complexity index is 913. The van der Waals surface area contributed by atoms with Crippen molar-refractivity contribution in [1.29, 1.82) is 0 Å². The van der Waals surface area contributed by atoms with Crippen LogP contribution in [0.2, 0.25) is 5.02 Å². The lowest BCUT2D eigenvalue weighted by molar-refractivity contribution is -0.385. The number of hydrogen-bond acceptors (Lipinski definition) is 6. The normalized spacial score (nSPS) is 10.1. The van der Waals surface area contributed by atoms with E-state index in [2.05, 4.69) is 5.32 Å². The number of nitrogens with zero attached hydrogens (tertiary/aromatic N) is 2. The molecule has 0 aliphatic rings. The van der Waals surface area contributed by atoms with Crippen molar-refractivity contribution in [3.05, 3.63) is 72.8 Å². The monoisotopic (exact) mass is 365 g/mol. The first-order valence-corrected chi connectivity index (χ1v) is 6.86. The number of carboxylic acids is 1. The van der Waals surface area contributed by atoms with Crippen LogP contribution in [0, 0.1) is 20.2 Å². The molecule has 0 unspecified atom stereocenters. The summed E-state index contributed by atoms with van der Waals surface area (Å²) in [6.45, 7) is 0. The molecule has 0 fully saturated rings. The second kappa shape index (κ2) is 6.93. The molecule has 0 bridgehead atoms. The zero-order valence-corrected chi connectivity index (χ0v) is 12.9. The van der Waals surface area contributed by atoms with Gasteiger partial charge in [-0.3, -0.25) is 25.0 Å². The summed E-state index contributed by atoms with van der Waals surface area (Å²) in [5.74, 6) is -2.61. The van der Waals surface area contributed by atoms with Crippen LogP contribution in [-0.4, -0.2) is 26.8 Å². The number of aromatic carboxylic acids is 1. The molecule has 2 rings (SSSR count). The van der Waals surface area contributed by atoms with E-state index in [1.54, 1.807) is 0 Å². The van der Waals surface area contributed by atoms with Gasteiger partial charge in [0.05, 0.1) is 26.1 Å². The zero-order valence-electron chi connectivity index (χ0n) is 12.1. The Balaban J connectivity index is 2.43. The summed E-state index contributed by atoms with van der Waals surface area (Å²) in [5.41, 5.74) is -2.28. The Hall–Kier alpha value is -3.53. The van der Waals surface area contributed by atoms with Crippen molar-refractivity contribution in [3.8, 4) is 0 Å². The highest BCUT2D eigenvalue weighted by Gasteiger charge is 2.27. The SMILES string of the molecule is O=C(Nc1ccc([N+](=O)[O-])cc1Cl)c1cccc([N+](=O)[O-])c1C(=O)O. The molecule has 0 saturated carbocycles. The van der Waals surface area contributed by atoms with E-state index in [9.17, 15) is 34.9 Å². The second-order valence-electron chi connectivity index (χ2n) is 4.64. The van der Waals surface area contributed by atoms with Crippen LogP contribution >= 0.6 is 11.6 Å². The summed E-state index contributed by atoms with van der Waals surface area (Å²) < 4.78 is 0. The molecule has 2 aromatic rings. The van der Waals surface area contributed by atoms with Crippen molar-refractivity contribution in [1.82, 2.24) is 0 Å². The Morgan fingerprint density at radius 1 is 1.08 bits per heavy atom. The van der Waals surface area contributed by atoms with E-state index >= 15 is 0 Å². The molecule has 0 atom stereocenters. The minimum Gasteiger partial charge on any atom is -0.477 e. The van der Waals surface area contributed by atoms with E-state index in [1.165, 1.54) is 0 Å². The van der Waals surface area contributed by atoms with Gasteiger partial charge in [-0.25, -0.2) is 4.79 Å². The molecule has 128 valence electrons. The molecule has 0 aliphatic heterocycles. The lowest BCUT2D eigenvalue weighted by Crippen LogP contribution is -2.18. The maximum Gasteiger partial charge on any atom is 0.343 e. The Kier molecular flexibility index (Phi) is 4.94. The lowest BCUT2D eigenvalue weighted by Gasteiger charge is -2.09. The number of amides is 1. The number of non-ortho nitro benzene ring substituents is 1. The molecule has 0 radical (unpaired) electrons. The first kappa shape index (κ1) is 17.8. The van der Waals surface area contributed by atoms with Gasteiger partial charge >= 0.3 is 5.97 Å². The zero-order chi connectivity index (χ0) is 18.7. The van der Waals surface area contributed by atoms with Gasteiger partial charge in [0.25, 0.3) is 17.3 Å². The minimum absolute atomic E-state index is 0.0138. The quantitative estimate of drug-likeness (QED) is 0.609. The molecule has 0 aromatic heterocycles. The van der Waals surface area contributed by atoms with E-state index in [-0.39, 0.29) is 16.4 Å². The van der Waals surface area contributed by atoms with Gasteiger partial charge in [-0.1, -0.05) is 17.7 Å². The summed E-state index contributed by atoms with van der Waals surface area (Å²) in [6.07, 6.45) is 0. The van der Waals surface area contributed by atoms with Gasteiger partial charge in [0.2, 0.25) is 0 Å². The van der Waals surface area contributed by atoms with E-state index in [0.717, 1.165) is 36.4 Å². The Labute approximate surface area is 143 Å². The van der Waals surface area contributed by atoms with Crippen LogP contribution in [0.15, 0.2) is 36.4 Å². The number of benzene rings is 2. The lowest BCUT2D eigenvalue weighted by atomic mass is 10.0. The molecule has 2 aromatic carbocycles. The largest absolute Gasteiger partial charge is 0.477 e. The molecule has 2 N–H and O–H groups in total. The Morgan fingerprint density at radius 3 is 2.28 bits per heavy atom. The molecule has 0 heterocycles. The first-order chi connectivity index (χ1) is 11.7. The number of carboxylic acid groups (broad SMARTS) is 1. The molecule has 0 spiro atoms. The topological polar surface area (TPSA) is 153 Å². The van der Waals surface area contributed by atoms with Gasteiger partial charge in [0.15, 0.2) is 0 Å². The first-order valence-electron chi connectivity index (χ1n) is 6.48. The van der Waals surface area contributed by atoms with E-state index < -0.39 is 38.5 Å². The number of carbonyl (C=O) groups excluding carboxylic acids is 1. The highest BCUT2D eigenvalue weighted by molar-refractivity contribution is 6.34. The number of nitro benzene ring substituents is 2. The number of rotatable bonds is 5. The third-order valence-corrected chi connectivity index (χ3v) is 3.42. The van der Waals surface area contributed by atoms with Crippen LogP contribution in [0.1, 0.15) is 20.7 Å². The fraction of sp³-hybridized carbons (Fsp3) is 0. The summed E-state index contributed by atoms with van der Waals surface area (Å²) in [4.78, 5) is 43.6. The predicted molar refractivity (Wildman–Crippen MR) is 86.1 cm³/mol. The van der Waals surface area contributed by atoms with Crippen LogP contribution < -0.4 is 5.32 Å². The molecule has 25 heavy (non-hydrogen) atoms. The number of halogens is 1. The average molecular weight is 366 g/mol. The van der Waals surface area contributed by atoms with Gasteiger partial charge in [-0.15, -0.1) is 0 Å². The van der Waals surface area contributed by atoms with E-state index in [4.69, 9.17) is 11.6 Å². The molecule has 10 nitrogen and oxygen atoms in total. The number of hydrogen-bond donors (Lipinski definition) is 2. The van der Waals surface area contributed by atoms with Crippen molar-refractivity contribution in [2.24, 2.45) is 0 Å². The second-order valence-corrected chi connectivity index (χ2v) is 5.04. The van der Waals surface area contributed by atoms with Crippen LogP contribution in [0.4, 0.5) is 17.1 Å². The standard InChI is InChI=1S/C14H8ClN3O7/c15-9-6-7(17(22)23)4-5-10(9)16-13(19)8-2-1-3-11(18(24)25)12(8)14(20)21/h1-6H,(H,16,19)(H,20,21). The van der Waals surface area contributed by atoms with Crippen molar-refractivity contribution in [2.45, 2.75) is 0 Å². The number of nitro groups is 2. The molecule has 11 heteroatoms. The summed E-state index contributed by atoms with van der Waals surface area (Å²) >= 11 is 5.85. The molecule has 0 aliphatic carbocycles. The molecular weight excluding hydrogens is 358 g/mol. The van der Waals surface area contributed by atoms with Crippen molar-refractivity contribution >= 4 is 40.5 Å². The molecule has 0 saturated heterocycles. The van der Waals surface area contributed by atoms with Crippen molar-refractivity contribution < 1.29 is 24.5 Å². The Morgan fingerprint density at radius 2 is 1.76 bits per heavy atom. The predicted octanol–water partition coefficient (Wildman–Crippen LogP) is 3.11. The average Bonchev–Trinajstić information content (AvgIpc) is 2.55. The third kappa shape index (κ3) is 3.70. The number of anilines is 1. The fourth-order valence-electron chi connectivity index (χ4n) is 2.01. The van der Waals surface area contributed by atoms with Gasteiger partial charge in [0.1, 0.15) is 5.56 Å². The number of carbonyl (C=O) groups is 2. The van der Waals surface area contributed by atoms with Crippen LogP contribution in [-0.2, 0) is 0 Å². The smallest absolute Gasteiger partial charge is 0.343 e. The third-order valence-electron chi connectivity index (χ3n) is 3.11. The summed E-state index contributed by atoms with van der Waals surface area (Å²) in [7, 11) is 0. The molecule has 1 amide bonds. The van der Waals surface area contributed by atoms with Gasteiger partial charge in [-0.2, -0.15) is 0 Å². The maximum atomic E-state index is 12.3. The van der Waals surface area contributed by atoms with Gasteiger partial charge in [0, 0.05) is 18.2 Å². The van der Waals surface area contributed by atoms with Crippen molar-refractivity contribution in [3.63, 3.8) is 0 Å². The summed E-state index contributed by atoms with van der Waals surface area (Å²) in [5, 5.41) is 32.9. The fourth-order valence-corrected chi connectivity index (χ4v) is 2.24. The van der Waals surface area contributed by atoms with Gasteiger partial charge < -0.3 is 10.4 Å². The summed E-state index contributed by atoms with van der Waals surface area (Å²) in [6, 6.07) is 6.48. The van der Waals surface area contributed by atoms with Crippen molar-refractivity contribution in [2.75, 3.05) is 5.32 Å². The van der Waals surface area contributed by atoms with E-state index in [1.807, 2.05) is 0 Å².